The molecule has 3 aromatic rings. The normalized spacial score (nSPS) is 12.8. The topological polar surface area (TPSA) is 106 Å². The molecule has 1 aliphatic carbocycles. The van der Waals surface area contributed by atoms with E-state index >= 15 is 0 Å². The Morgan fingerprint density at radius 1 is 1.09 bits per heavy atom. The molecule has 32 heavy (non-hydrogen) atoms. The van der Waals surface area contributed by atoms with Crippen LogP contribution in [0.5, 0.6) is 0 Å². The Bertz CT molecular complexity index is 1170. The van der Waals surface area contributed by atoms with Gasteiger partial charge in [-0.1, -0.05) is 11.8 Å². The fraction of sp³-hybridized carbons (Fsp3) is 0.304. The molecule has 0 fully saturated rings. The molecule has 4 rings (SSSR count). The van der Waals surface area contributed by atoms with Crippen LogP contribution >= 0.6 is 11.8 Å². The first kappa shape index (κ1) is 21.9. The highest BCUT2D eigenvalue weighted by Crippen LogP contribution is 2.29. The lowest BCUT2D eigenvalue weighted by molar-refractivity contribution is -0.114. The van der Waals surface area contributed by atoms with Crippen molar-refractivity contribution >= 4 is 35.0 Å². The van der Waals surface area contributed by atoms with Crippen LogP contribution in [0.25, 0.3) is 0 Å². The number of hydrogen-bond acceptors (Lipinski definition) is 6. The fourth-order valence-electron chi connectivity index (χ4n) is 3.76. The van der Waals surface area contributed by atoms with Crippen molar-refractivity contribution in [3.63, 3.8) is 0 Å². The molecule has 1 aromatic carbocycles. The van der Waals surface area contributed by atoms with Crippen LogP contribution in [0.15, 0.2) is 56.9 Å². The van der Waals surface area contributed by atoms with Crippen molar-refractivity contribution in [2.24, 2.45) is 0 Å². The van der Waals surface area contributed by atoms with Gasteiger partial charge in [0.25, 0.3) is 0 Å². The Labute approximate surface area is 189 Å². The Balaban J connectivity index is 1.45. The molecule has 0 spiro atoms. The van der Waals surface area contributed by atoms with Gasteiger partial charge >= 0.3 is 5.69 Å². The van der Waals surface area contributed by atoms with Crippen molar-refractivity contribution in [1.82, 2.24) is 9.55 Å². The van der Waals surface area contributed by atoms with E-state index in [1.54, 1.807) is 41.2 Å². The van der Waals surface area contributed by atoms with Crippen molar-refractivity contribution < 1.29 is 14.0 Å². The van der Waals surface area contributed by atoms with E-state index in [4.69, 9.17) is 4.42 Å². The van der Waals surface area contributed by atoms with E-state index in [9.17, 15) is 14.4 Å². The highest BCUT2D eigenvalue weighted by molar-refractivity contribution is 8.00. The molecule has 166 valence electrons. The van der Waals surface area contributed by atoms with E-state index in [1.807, 2.05) is 6.07 Å². The highest BCUT2D eigenvalue weighted by atomic mass is 32.2. The van der Waals surface area contributed by atoms with Crippen LogP contribution in [0.3, 0.4) is 0 Å². The molecular formula is C23H24N4O4S. The molecule has 0 atom stereocenters. The van der Waals surface area contributed by atoms with Gasteiger partial charge in [0, 0.05) is 29.6 Å². The predicted octanol–water partition coefficient (Wildman–Crippen LogP) is 3.45. The summed E-state index contributed by atoms with van der Waals surface area (Å²) in [4.78, 5) is 40.6. The molecule has 0 saturated carbocycles. The summed E-state index contributed by atoms with van der Waals surface area (Å²) in [6.07, 6.45) is 5.31. The summed E-state index contributed by atoms with van der Waals surface area (Å²) >= 11 is 1.29. The van der Waals surface area contributed by atoms with Crippen molar-refractivity contribution in [3.8, 4) is 0 Å². The lowest BCUT2D eigenvalue weighted by Crippen LogP contribution is -2.30. The van der Waals surface area contributed by atoms with Gasteiger partial charge in [-0.3, -0.25) is 14.2 Å². The molecule has 9 heteroatoms. The summed E-state index contributed by atoms with van der Waals surface area (Å²) in [7, 11) is 0. The predicted molar refractivity (Wildman–Crippen MR) is 123 cm³/mol. The number of rotatable bonds is 7. The summed E-state index contributed by atoms with van der Waals surface area (Å²) < 4.78 is 7.10. The van der Waals surface area contributed by atoms with Crippen LogP contribution in [-0.2, 0) is 29.0 Å². The number of benzene rings is 1. The number of carbonyl (C=O) groups excluding carboxylic acids is 2. The smallest absolute Gasteiger partial charge is 0.349 e. The monoisotopic (exact) mass is 452 g/mol. The minimum absolute atomic E-state index is 0.147. The SMILES string of the molecule is CC(=O)Nc1ccc(NC(=O)CSc2nc(=O)n(Cc3ccco3)c3c2CCCC3)cc1. The van der Waals surface area contributed by atoms with Crippen molar-refractivity contribution in [2.75, 3.05) is 16.4 Å². The number of fused-ring (bicyclic) bond motifs is 1. The number of carbonyl (C=O) groups is 2. The number of aromatic nitrogens is 2. The van der Waals surface area contributed by atoms with Gasteiger partial charge in [-0.2, -0.15) is 4.98 Å². The van der Waals surface area contributed by atoms with Gasteiger partial charge in [0.15, 0.2) is 0 Å². The minimum Gasteiger partial charge on any atom is -0.467 e. The zero-order chi connectivity index (χ0) is 22.5. The second kappa shape index (κ2) is 9.86. The third-order valence-corrected chi connectivity index (χ3v) is 6.19. The number of anilines is 2. The number of furan rings is 1. The van der Waals surface area contributed by atoms with Crippen LogP contribution in [0.2, 0.25) is 0 Å². The second-order valence-electron chi connectivity index (χ2n) is 7.59. The van der Waals surface area contributed by atoms with Gasteiger partial charge in [-0.25, -0.2) is 4.79 Å². The summed E-state index contributed by atoms with van der Waals surface area (Å²) in [5.74, 6) is 0.522. The molecule has 2 aromatic heterocycles. The molecule has 0 saturated heterocycles. The van der Waals surface area contributed by atoms with E-state index in [2.05, 4.69) is 15.6 Å². The molecule has 2 N–H and O–H groups in total. The van der Waals surface area contributed by atoms with Crippen LogP contribution in [-0.4, -0.2) is 27.1 Å². The molecule has 0 aliphatic heterocycles. The maximum atomic E-state index is 12.7. The minimum atomic E-state index is -0.321. The zero-order valence-corrected chi connectivity index (χ0v) is 18.5. The van der Waals surface area contributed by atoms with E-state index in [0.717, 1.165) is 36.9 Å². The Kier molecular flexibility index (Phi) is 6.75. The van der Waals surface area contributed by atoms with Gasteiger partial charge in [0.05, 0.1) is 18.6 Å². The molecular weight excluding hydrogens is 428 g/mol. The van der Waals surface area contributed by atoms with Crippen LogP contribution < -0.4 is 16.3 Å². The zero-order valence-electron chi connectivity index (χ0n) is 17.7. The summed E-state index contributed by atoms with van der Waals surface area (Å²) in [6, 6.07) is 10.5. The summed E-state index contributed by atoms with van der Waals surface area (Å²) in [5.41, 5.74) is 3.02. The average Bonchev–Trinajstić information content (AvgIpc) is 3.29. The van der Waals surface area contributed by atoms with Gasteiger partial charge < -0.3 is 15.1 Å². The number of thioether (sulfide) groups is 1. The number of amides is 2. The standard InChI is InChI=1S/C23H24N4O4S/c1-15(28)24-16-8-10-17(11-9-16)25-21(29)14-32-22-19-6-2-3-7-20(19)27(23(30)26-22)13-18-5-4-12-31-18/h4-5,8-12H,2-3,6-7,13-14H2,1H3,(H,24,28)(H,25,29). The Morgan fingerprint density at radius 3 is 2.50 bits per heavy atom. The Morgan fingerprint density at radius 2 is 1.81 bits per heavy atom. The molecule has 1 aliphatic rings. The van der Waals surface area contributed by atoms with Crippen molar-refractivity contribution in [3.05, 3.63) is 70.2 Å². The molecule has 2 heterocycles. The van der Waals surface area contributed by atoms with E-state index in [1.165, 1.54) is 18.7 Å². The van der Waals surface area contributed by atoms with Crippen LogP contribution in [0.1, 0.15) is 36.8 Å². The first-order valence-corrected chi connectivity index (χ1v) is 11.4. The molecule has 2 amide bonds. The Hall–Kier alpha value is -3.33. The average molecular weight is 453 g/mol. The third-order valence-electron chi connectivity index (χ3n) is 5.17. The number of nitrogens with zero attached hydrogens (tertiary/aromatic N) is 2. The highest BCUT2D eigenvalue weighted by Gasteiger charge is 2.21. The lowest BCUT2D eigenvalue weighted by atomic mass is 9.97. The van der Waals surface area contributed by atoms with Gasteiger partial charge in [-0.05, 0) is 62.1 Å². The third kappa shape index (κ3) is 5.28. The maximum absolute atomic E-state index is 12.7. The van der Waals surface area contributed by atoms with Crippen molar-refractivity contribution in [2.45, 2.75) is 44.2 Å². The summed E-state index contributed by atoms with van der Waals surface area (Å²) in [5, 5.41) is 6.15. The lowest BCUT2D eigenvalue weighted by Gasteiger charge is -2.22. The van der Waals surface area contributed by atoms with Crippen LogP contribution in [0, 0.1) is 0 Å². The number of hydrogen-bond donors (Lipinski definition) is 2. The van der Waals surface area contributed by atoms with Gasteiger partial charge in [-0.15, -0.1) is 0 Å². The van der Waals surface area contributed by atoms with Gasteiger partial charge in [0.1, 0.15) is 10.8 Å². The summed E-state index contributed by atoms with van der Waals surface area (Å²) in [6.45, 7) is 1.80. The van der Waals surface area contributed by atoms with Gasteiger partial charge in [0.2, 0.25) is 11.8 Å². The number of nitrogens with one attached hydrogen (secondary N) is 2. The first-order valence-electron chi connectivity index (χ1n) is 10.4. The quantitative estimate of drug-likeness (QED) is 0.420. The van der Waals surface area contributed by atoms with E-state index in [0.29, 0.717) is 28.7 Å². The van der Waals surface area contributed by atoms with Crippen LogP contribution in [0.4, 0.5) is 11.4 Å². The molecule has 8 nitrogen and oxygen atoms in total. The molecule has 0 unspecified atom stereocenters. The molecule has 0 radical (unpaired) electrons. The van der Waals surface area contributed by atoms with E-state index in [-0.39, 0.29) is 23.3 Å². The van der Waals surface area contributed by atoms with E-state index < -0.39 is 0 Å². The van der Waals surface area contributed by atoms with Crippen molar-refractivity contribution in [1.29, 1.82) is 0 Å². The second-order valence-corrected chi connectivity index (χ2v) is 8.56. The molecule has 0 bridgehead atoms. The largest absolute Gasteiger partial charge is 0.467 e. The first-order chi connectivity index (χ1) is 15.5. The fourth-order valence-corrected chi connectivity index (χ4v) is 4.64. The maximum Gasteiger partial charge on any atom is 0.349 e.